The van der Waals surface area contributed by atoms with Crippen LogP contribution in [0.2, 0.25) is 0 Å². The third-order valence-corrected chi connectivity index (χ3v) is 3.78. The summed E-state index contributed by atoms with van der Waals surface area (Å²) in [4.78, 5) is 4.28. The summed E-state index contributed by atoms with van der Waals surface area (Å²) >= 11 is 6.87. The Bertz CT molecular complexity index is 608. The predicted molar refractivity (Wildman–Crippen MR) is 84.8 cm³/mol. The van der Waals surface area contributed by atoms with Crippen molar-refractivity contribution >= 4 is 37.7 Å². The Morgan fingerprint density at radius 1 is 1.20 bits per heavy atom. The Labute approximate surface area is 133 Å². The number of nitrogens with zero attached hydrogens (tertiary/aromatic N) is 1. The van der Waals surface area contributed by atoms with Crippen LogP contribution in [0.25, 0.3) is 0 Å². The van der Waals surface area contributed by atoms with E-state index < -0.39 is 0 Å². The molecule has 0 bridgehead atoms. The molecule has 0 radical (unpaired) electrons. The first-order chi connectivity index (χ1) is 9.63. The van der Waals surface area contributed by atoms with Crippen LogP contribution in [-0.4, -0.2) is 12.1 Å². The Hall–Kier alpha value is -1.31. The van der Waals surface area contributed by atoms with Crippen LogP contribution in [-0.2, 0) is 6.61 Å². The van der Waals surface area contributed by atoms with Gasteiger partial charge in [-0.3, -0.25) is 0 Å². The van der Waals surface area contributed by atoms with Crippen LogP contribution >= 0.6 is 31.9 Å². The molecule has 0 unspecified atom stereocenters. The van der Waals surface area contributed by atoms with E-state index in [0.29, 0.717) is 18.2 Å². The van der Waals surface area contributed by atoms with Gasteiger partial charge in [-0.25, -0.2) is 10.8 Å². The average molecular weight is 403 g/mol. The predicted octanol–water partition coefficient (Wildman–Crippen LogP) is 3.48. The molecule has 0 saturated heterocycles. The lowest BCUT2D eigenvalue weighted by molar-refractivity contribution is 0.298. The highest BCUT2D eigenvalue weighted by Crippen LogP contribution is 2.36. The fraction of sp³-hybridized carbons (Fsp3) is 0.154. The lowest BCUT2D eigenvalue weighted by Gasteiger charge is -2.11. The molecule has 20 heavy (non-hydrogen) atoms. The van der Waals surface area contributed by atoms with Gasteiger partial charge >= 0.3 is 0 Å². The molecule has 5 nitrogen and oxygen atoms in total. The smallest absolute Gasteiger partial charge is 0.140 e. The second-order valence-corrected chi connectivity index (χ2v) is 5.57. The lowest BCUT2D eigenvalue weighted by atomic mass is 10.3. The minimum Gasteiger partial charge on any atom is -0.496 e. The number of anilines is 1. The maximum absolute atomic E-state index is 5.74. The van der Waals surface area contributed by atoms with Gasteiger partial charge in [-0.1, -0.05) is 6.07 Å². The summed E-state index contributed by atoms with van der Waals surface area (Å²) < 4.78 is 12.6. The summed E-state index contributed by atoms with van der Waals surface area (Å²) in [6.07, 6.45) is 0. The molecule has 0 spiro atoms. The van der Waals surface area contributed by atoms with Gasteiger partial charge in [0.15, 0.2) is 0 Å². The molecule has 0 aliphatic carbocycles. The number of pyridine rings is 1. The minimum atomic E-state index is 0.340. The van der Waals surface area contributed by atoms with E-state index in [1.807, 2.05) is 24.3 Å². The highest BCUT2D eigenvalue weighted by atomic mass is 79.9. The molecule has 0 saturated carbocycles. The van der Waals surface area contributed by atoms with Crippen LogP contribution in [0.3, 0.4) is 0 Å². The van der Waals surface area contributed by atoms with E-state index in [1.165, 1.54) is 0 Å². The van der Waals surface area contributed by atoms with Gasteiger partial charge in [-0.15, -0.1) is 0 Å². The average Bonchev–Trinajstić information content (AvgIpc) is 2.48. The van der Waals surface area contributed by atoms with Crippen molar-refractivity contribution in [1.82, 2.24) is 4.98 Å². The van der Waals surface area contributed by atoms with Gasteiger partial charge in [-0.2, -0.15) is 0 Å². The van der Waals surface area contributed by atoms with E-state index in [1.54, 1.807) is 13.2 Å². The molecule has 1 aromatic carbocycles. The summed E-state index contributed by atoms with van der Waals surface area (Å²) in [5, 5.41) is 0. The van der Waals surface area contributed by atoms with E-state index in [0.717, 1.165) is 20.4 Å². The van der Waals surface area contributed by atoms with Gasteiger partial charge in [0.1, 0.15) is 23.9 Å². The lowest BCUT2D eigenvalue weighted by Crippen LogP contribution is -2.09. The Kier molecular flexibility index (Phi) is 5.22. The third kappa shape index (κ3) is 3.62. The Morgan fingerprint density at radius 2 is 1.90 bits per heavy atom. The van der Waals surface area contributed by atoms with Crippen LogP contribution in [0.1, 0.15) is 5.69 Å². The SMILES string of the molecule is COc1cc(Br)c(OCc2cccc(NN)n2)cc1Br. The first kappa shape index (κ1) is 15.1. The molecule has 0 aliphatic rings. The molecule has 106 valence electrons. The van der Waals surface area contributed by atoms with E-state index in [-0.39, 0.29) is 0 Å². The number of ether oxygens (including phenoxy) is 2. The molecule has 3 N–H and O–H groups in total. The molecule has 0 fully saturated rings. The largest absolute Gasteiger partial charge is 0.496 e. The van der Waals surface area contributed by atoms with Gasteiger partial charge in [-0.05, 0) is 56.1 Å². The van der Waals surface area contributed by atoms with Crippen LogP contribution < -0.4 is 20.7 Å². The maximum Gasteiger partial charge on any atom is 0.140 e. The zero-order valence-corrected chi connectivity index (χ0v) is 13.9. The van der Waals surface area contributed by atoms with E-state index in [4.69, 9.17) is 15.3 Å². The van der Waals surface area contributed by atoms with Gasteiger partial charge in [0.05, 0.1) is 21.7 Å². The number of hydrogen-bond acceptors (Lipinski definition) is 5. The van der Waals surface area contributed by atoms with Crippen molar-refractivity contribution in [3.8, 4) is 11.5 Å². The van der Waals surface area contributed by atoms with Gasteiger partial charge in [0.2, 0.25) is 0 Å². The van der Waals surface area contributed by atoms with E-state index in [2.05, 4.69) is 42.3 Å². The number of halogens is 2. The second-order valence-electron chi connectivity index (χ2n) is 3.86. The summed E-state index contributed by atoms with van der Waals surface area (Å²) in [6, 6.07) is 9.19. The zero-order chi connectivity index (χ0) is 14.5. The first-order valence-corrected chi connectivity index (χ1v) is 7.31. The van der Waals surface area contributed by atoms with Crippen molar-refractivity contribution in [3.05, 3.63) is 45.0 Å². The number of nitrogens with one attached hydrogen (secondary N) is 1. The molecule has 2 aromatic rings. The molecular weight excluding hydrogens is 390 g/mol. The molecule has 1 aromatic heterocycles. The fourth-order valence-corrected chi connectivity index (χ4v) is 2.49. The number of benzene rings is 1. The van der Waals surface area contributed by atoms with Crippen molar-refractivity contribution < 1.29 is 9.47 Å². The van der Waals surface area contributed by atoms with Crippen molar-refractivity contribution in [2.45, 2.75) is 6.61 Å². The number of rotatable bonds is 5. The van der Waals surface area contributed by atoms with Crippen molar-refractivity contribution in [3.63, 3.8) is 0 Å². The number of aromatic nitrogens is 1. The molecular formula is C13H13Br2N3O2. The topological polar surface area (TPSA) is 69.4 Å². The first-order valence-electron chi connectivity index (χ1n) is 5.72. The molecule has 2 rings (SSSR count). The number of hydrogen-bond donors (Lipinski definition) is 2. The number of nitrogen functional groups attached to an aromatic ring is 1. The normalized spacial score (nSPS) is 10.2. The van der Waals surface area contributed by atoms with Crippen molar-refractivity contribution in [2.24, 2.45) is 5.84 Å². The maximum atomic E-state index is 5.74. The van der Waals surface area contributed by atoms with Crippen LogP contribution in [0.4, 0.5) is 5.82 Å². The molecule has 0 aliphatic heterocycles. The number of methoxy groups -OCH3 is 1. The van der Waals surface area contributed by atoms with E-state index in [9.17, 15) is 0 Å². The van der Waals surface area contributed by atoms with Crippen molar-refractivity contribution in [1.29, 1.82) is 0 Å². The van der Waals surface area contributed by atoms with Gasteiger partial charge < -0.3 is 14.9 Å². The van der Waals surface area contributed by atoms with Gasteiger partial charge in [0, 0.05) is 0 Å². The van der Waals surface area contributed by atoms with Crippen LogP contribution in [0, 0.1) is 0 Å². The van der Waals surface area contributed by atoms with Crippen LogP contribution in [0.5, 0.6) is 11.5 Å². The third-order valence-electron chi connectivity index (χ3n) is 2.54. The zero-order valence-electron chi connectivity index (χ0n) is 10.7. The monoisotopic (exact) mass is 401 g/mol. The van der Waals surface area contributed by atoms with Gasteiger partial charge in [0.25, 0.3) is 0 Å². The summed E-state index contributed by atoms with van der Waals surface area (Å²) in [5.74, 6) is 7.35. The minimum absolute atomic E-state index is 0.340. The molecule has 0 atom stereocenters. The Balaban J connectivity index is 2.12. The molecule has 0 amide bonds. The fourth-order valence-electron chi connectivity index (χ4n) is 1.57. The number of hydrazine groups is 1. The number of nitrogens with two attached hydrogens (primary N) is 1. The Morgan fingerprint density at radius 3 is 2.60 bits per heavy atom. The summed E-state index contributed by atoms with van der Waals surface area (Å²) in [6.45, 7) is 0.340. The highest BCUT2D eigenvalue weighted by Gasteiger charge is 2.09. The van der Waals surface area contributed by atoms with Crippen molar-refractivity contribution in [2.75, 3.05) is 12.5 Å². The summed E-state index contributed by atoms with van der Waals surface area (Å²) in [7, 11) is 1.61. The quantitative estimate of drug-likeness (QED) is 0.591. The van der Waals surface area contributed by atoms with Crippen LogP contribution in [0.15, 0.2) is 39.3 Å². The molecule has 1 heterocycles. The molecule has 7 heteroatoms. The highest BCUT2D eigenvalue weighted by molar-refractivity contribution is 9.11. The second kappa shape index (κ2) is 6.92. The standard InChI is InChI=1S/C13H13Br2N3O2/c1-19-11-5-10(15)12(6-9(11)14)20-7-8-3-2-4-13(17-8)18-16/h2-6H,7,16H2,1H3,(H,17,18). The van der Waals surface area contributed by atoms with E-state index >= 15 is 0 Å². The summed E-state index contributed by atoms with van der Waals surface area (Å²) in [5.41, 5.74) is 3.28.